The van der Waals surface area contributed by atoms with E-state index in [0.717, 1.165) is 19.3 Å². The van der Waals surface area contributed by atoms with Crippen LogP contribution in [0.5, 0.6) is 5.75 Å². The molecule has 1 heterocycles. The Kier molecular flexibility index (Phi) is 5.50. The highest BCUT2D eigenvalue weighted by Gasteiger charge is 2.26. The lowest BCUT2D eigenvalue weighted by atomic mass is 10.2. The first-order chi connectivity index (χ1) is 12.4. The summed E-state index contributed by atoms with van der Waals surface area (Å²) in [6.45, 7) is 0.990. The average molecular weight is 395 g/mol. The third-order valence-corrected chi connectivity index (χ3v) is 6.39. The van der Waals surface area contributed by atoms with E-state index in [2.05, 4.69) is 5.32 Å². The Morgan fingerprint density at radius 2 is 1.81 bits per heavy atom. The first kappa shape index (κ1) is 18.7. The normalized spacial score (nSPS) is 15.6. The van der Waals surface area contributed by atoms with Gasteiger partial charge in [0.05, 0.1) is 10.6 Å². The number of sulfonamides is 1. The molecule has 0 unspecified atom stereocenters. The van der Waals surface area contributed by atoms with Crippen LogP contribution in [0.15, 0.2) is 47.4 Å². The van der Waals surface area contributed by atoms with Gasteiger partial charge in [-0.25, -0.2) is 8.42 Å². The van der Waals surface area contributed by atoms with Crippen LogP contribution >= 0.6 is 11.6 Å². The molecule has 3 rings (SSSR count). The molecule has 0 aliphatic carbocycles. The minimum Gasteiger partial charge on any atom is -0.506 e. The van der Waals surface area contributed by atoms with Crippen molar-refractivity contribution in [3.63, 3.8) is 0 Å². The molecule has 1 amide bonds. The zero-order valence-electron chi connectivity index (χ0n) is 14.0. The number of phenolic OH excluding ortho intramolecular Hbond substituents is 1. The molecule has 2 N–H and O–H groups in total. The number of carbonyl (C=O) groups excluding carboxylic acids is 1. The summed E-state index contributed by atoms with van der Waals surface area (Å²) in [4.78, 5) is 12.5. The number of amides is 1. The van der Waals surface area contributed by atoms with Crippen LogP contribution < -0.4 is 5.32 Å². The predicted molar refractivity (Wildman–Crippen MR) is 100 cm³/mol. The molecule has 0 saturated carbocycles. The fraction of sp³-hybridized carbons (Fsp3) is 0.278. The lowest BCUT2D eigenvalue weighted by molar-refractivity contribution is 0.102. The van der Waals surface area contributed by atoms with Gasteiger partial charge in [0.25, 0.3) is 5.91 Å². The van der Waals surface area contributed by atoms with Crippen molar-refractivity contribution in [2.45, 2.75) is 24.2 Å². The fourth-order valence-corrected chi connectivity index (χ4v) is 4.59. The molecule has 2 aromatic rings. The molecule has 0 bridgehead atoms. The minimum absolute atomic E-state index is 0.0855. The van der Waals surface area contributed by atoms with Crippen molar-refractivity contribution < 1.29 is 18.3 Å². The second-order valence-corrected chi connectivity index (χ2v) is 8.48. The van der Waals surface area contributed by atoms with Gasteiger partial charge in [0.15, 0.2) is 0 Å². The van der Waals surface area contributed by atoms with E-state index in [1.54, 1.807) is 0 Å². The number of nitrogens with one attached hydrogen (secondary N) is 1. The lowest BCUT2D eigenvalue weighted by Gasteiger charge is -2.26. The summed E-state index contributed by atoms with van der Waals surface area (Å²) in [5.41, 5.74) is 0.342. The Labute approximate surface area is 157 Å². The van der Waals surface area contributed by atoms with E-state index in [-0.39, 0.29) is 21.9 Å². The molecule has 2 aromatic carbocycles. The first-order valence-corrected chi connectivity index (χ1v) is 10.1. The third kappa shape index (κ3) is 4.00. The molecule has 8 heteroatoms. The first-order valence-electron chi connectivity index (χ1n) is 8.28. The van der Waals surface area contributed by atoms with Crippen LogP contribution in [-0.2, 0) is 10.0 Å². The highest BCUT2D eigenvalue weighted by Crippen LogP contribution is 2.27. The van der Waals surface area contributed by atoms with Crippen molar-refractivity contribution in [3.05, 3.63) is 53.1 Å². The maximum absolute atomic E-state index is 12.8. The van der Waals surface area contributed by atoms with Crippen molar-refractivity contribution >= 4 is 33.2 Å². The van der Waals surface area contributed by atoms with Crippen molar-refractivity contribution in [1.82, 2.24) is 4.31 Å². The largest absolute Gasteiger partial charge is 0.506 e. The number of nitrogens with zero attached hydrogens (tertiary/aromatic N) is 1. The Balaban J connectivity index is 1.84. The van der Waals surface area contributed by atoms with Crippen LogP contribution in [0.25, 0.3) is 0 Å². The fourth-order valence-electron chi connectivity index (χ4n) is 2.85. The number of hydrogen-bond acceptors (Lipinski definition) is 4. The zero-order valence-corrected chi connectivity index (χ0v) is 15.6. The number of halogens is 1. The smallest absolute Gasteiger partial charge is 0.255 e. The van der Waals surface area contributed by atoms with E-state index in [1.165, 1.54) is 46.8 Å². The summed E-state index contributed by atoms with van der Waals surface area (Å²) in [7, 11) is -3.62. The number of rotatable bonds is 4. The van der Waals surface area contributed by atoms with Gasteiger partial charge in [-0.3, -0.25) is 4.79 Å². The standard InChI is InChI=1S/C18H19ClN2O4S/c19-14-7-8-17(22)16(12-14)20-18(23)13-5-4-6-15(11-13)26(24,25)21-9-2-1-3-10-21/h4-8,11-12,22H,1-3,9-10H2,(H,20,23). The summed E-state index contributed by atoms with van der Waals surface area (Å²) < 4.78 is 27.0. The molecule has 0 atom stereocenters. The van der Waals surface area contributed by atoms with Gasteiger partial charge in [-0.15, -0.1) is 0 Å². The molecule has 1 aliphatic rings. The monoisotopic (exact) mass is 394 g/mol. The number of piperidine rings is 1. The number of phenols is 1. The highest BCUT2D eigenvalue weighted by molar-refractivity contribution is 7.89. The lowest BCUT2D eigenvalue weighted by Crippen LogP contribution is -2.35. The Morgan fingerprint density at radius 3 is 2.54 bits per heavy atom. The van der Waals surface area contributed by atoms with Gasteiger partial charge >= 0.3 is 0 Å². The van der Waals surface area contributed by atoms with Crippen LogP contribution in [0.3, 0.4) is 0 Å². The maximum Gasteiger partial charge on any atom is 0.255 e. The minimum atomic E-state index is -3.62. The average Bonchev–Trinajstić information content (AvgIpc) is 2.65. The molecule has 0 aromatic heterocycles. The maximum atomic E-state index is 12.8. The molecular formula is C18H19ClN2O4S. The molecule has 6 nitrogen and oxygen atoms in total. The second-order valence-electron chi connectivity index (χ2n) is 6.11. The van der Waals surface area contributed by atoms with Crippen molar-refractivity contribution in [3.8, 4) is 5.75 Å². The summed E-state index contributed by atoms with van der Waals surface area (Å²) in [6, 6.07) is 10.2. The van der Waals surface area contributed by atoms with Gasteiger partial charge < -0.3 is 10.4 Å². The van der Waals surface area contributed by atoms with Gasteiger partial charge in [-0.05, 0) is 49.2 Å². The van der Waals surface area contributed by atoms with Gasteiger partial charge in [0.2, 0.25) is 10.0 Å². The Hall–Kier alpha value is -2.09. The summed E-state index contributed by atoms with van der Waals surface area (Å²) in [6.07, 6.45) is 2.71. The zero-order chi connectivity index (χ0) is 18.7. The van der Waals surface area contributed by atoms with E-state index < -0.39 is 15.9 Å². The number of aromatic hydroxyl groups is 1. The number of carbonyl (C=O) groups is 1. The SMILES string of the molecule is O=C(Nc1cc(Cl)ccc1O)c1cccc(S(=O)(=O)N2CCCCC2)c1. The van der Waals surface area contributed by atoms with Gasteiger partial charge in [-0.2, -0.15) is 4.31 Å². The predicted octanol–water partition coefficient (Wildman–Crippen LogP) is 3.47. The summed E-state index contributed by atoms with van der Waals surface area (Å²) in [5, 5.41) is 12.7. The van der Waals surface area contributed by atoms with Crippen molar-refractivity contribution in [1.29, 1.82) is 0 Å². The van der Waals surface area contributed by atoms with Gasteiger partial charge in [0.1, 0.15) is 5.75 Å². The Morgan fingerprint density at radius 1 is 1.08 bits per heavy atom. The van der Waals surface area contributed by atoms with E-state index in [0.29, 0.717) is 18.1 Å². The molecule has 1 aliphatic heterocycles. The molecule has 0 spiro atoms. The molecule has 1 saturated heterocycles. The number of hydrogen-bond donors (Lipinski definition) is 2. The molecule has 1 fully saturated rings. The van der Waals surface area contributed by atoms with Crippen LogP contribution in [0, 0.1) is 0 Å². The number of benzene rings is 2. The van der Waals surface area contributed by atoms with E-state index in [4.69, 9.17) is 11.6 Å². The van der Waals surface area contributed by atoms with E-state index in [9.17, 15) is 18.3 Å². The topological polar surface area (TPSA) is 86.7 Å². The molecule has 138 valence electrons. The number of anilines is 1. The van der Waals surface area contributed by atoms with Crippen molar-refractivity contribution in [2.24, 2.45) is 0 Å². The van der Waals surface area contributed by atoms with Crippen LogP contribution in [0.1, 0.15) is 29.6 Å². The van der Waals surface area contributed by atoms with E-state index >= 15 is 0 Å². The molecule has 0 radical (unpaired) electrons. The van der Waals surface area contributed by atoms with Crippen LogP contribution in [0.2, 0.25) is 5.02 Å². The third-order valence-electron chi connectivity index (χ3n) is 4.26. The van der Waals surface area contributed by atoms with Crippen LogP contribution in [-0.4, -0.2) is 36.8 Å². The summed E-state index contributed by atoms with van der Waals surface area (Å²) in [5.74, 6) is -0.655. The summed E-state index contributed by atoms with van der Waals surface area (Å²) >= 11 is 5.87. The van der Waals surface area contributed by atoms with Crippen molar-refractivity contribution in [2.75, 3.05) is 18.4 Å². The quantitative estimate of drug-likeness (QED) is 0.777. The van der Waals surface area contributed by atoms with Gasteiger partial charge in [-0.1, -0.05) is 24.1 Å². The Bertz CT molecular complexity index is 925. The van der Waals surface area contributed by atoms with Crippen LogP contribution in [0.4, 0.5) is 5.69 Å². The molecule has 26 heavy (non-hydrogen) atoms. The van der Waals surface area contributed by atoms with E-state index in [1.807, 2.05) is 0 Å². The second kappa shape index (κ2) is 7.65. The molecular weight excluding hydrogens is 376 g/mol. The highest BCUT2D eigenvalue weighted by atomic mass is 35.5. The van der Waals surface area contributed by atoms with Gasteiger partial charge in [0, 0.05) is 23.7 Å².